The van der Waals surface area contributed by atoms with Gasteiger partial charge in [0, 0.05) is 12.6 Å². The van der Waals surface area contributed by atoms with Crippen molar-refractivity contribution in [3.05, 3.63) is 58.5 Å². The topological polar surface area (TPSA) is 54.0 Å². The Morgan fingerprint density at radius 1 is 1.23 bits per heavy atom. The Balaban J connectivity index is 1.45. The average molecular weight is 376 g/mol. The number of hydrogen-bond acceptors (Lipinski definition) is 3. The molecule has 1 aliphatic carbocycles. The summed E-state index contributed by atoms with van der Waals surface area (Å²) < 4.78 is 12.9. The number of rotatable bonds is 5. The van der Waals surface area contributed by atoms with Gasteiger partial charge in [-0.2, -0.15) is 0 Å². The summed E-state index contributed by atoms with van der Waals surface area (Å²) in [6.07, 6.45) is 5.16. The van der Waals surface area contributed by atoms with E-state index in [0.717, 1.165) is 37.8 Å². The lowest BCUT2D eigenvalue weighted by atomic mass is 9.86. The number of amides is 1. The minimum Gasteiger partial charge on any atom is -0.370 e. The van der Waals surface area contributed by atoms with Crippen molar-refractivity contribution in [1.82, 2.24) is 10.3 Å². The van der Waals surface area contributed by atoms with Crippen LogP contribution in [0.3, 0.4) is 0 Å². The van der Waals surface area contributed by atoms with Crippen molar-refractivity contribution in [2.45, 2.75) is 38.6 Å². The van der Waals surface area contributed by atoms with Gasteiger partial charge in [-0.3, -0.25) is 4.79 Å². The first-order chi connectivity index (χ1) is 12.5. The van der Waals surface area contributed by atoms with Gasteiger partial charge in [-0.05, 0) is 62.8 Å². The van der Waals surface area contributed by atoms with Crippen LogP contribution in [-0.2, 0) is 0 Å². The first-order valence-electron chi connectivity index (χ1n) is 8.93. The zero-order valence-corrected chi connectivity index (χ0v) is 15.5. The SMILES string of the molecule is Cc1ccc(Cl)c(C(=O)NC2CCC(CNc3ccc(F)cn3)CC2)c1. The van der Waals surface area contributed by atoms with Crippen LogP contribution < -0.4 is 10.6 Å². The molecular weight excluding hydrogens is 353 g/mol. The number of aromatic nitrogens is 1. The molecule has 2 N–H and O–H groups in total. The van der Waals surface area contributed by atoms with Crippen molar-refractivity contribution in [2.24, 2.45) is 5.92 Å². The van der Waals surface area contributed by atoms with Crippen molar-refractivity contribution >= 4 is 23.3 Å². The quantitative estimate of drug-likeness (QED) is 0.804. The van der Waals surface area contributed by atoms with Crippen molar-refractivity contribution < 1.29 is 9.18 Å². The van der Waals surface area contributed by atoms with Crippen LogP contribution in [0.4, 0.5) is 10.2 Å². The molecule has 0 spiro atoms. The molecule has 1 heterocycles. The standard InChI is InChI=1S/C20H23ClFN3O/c1-13-2-8-18(21)17(10-13)20(26)25-16-6-3-14(4-7-16)11-23-19-9-5-15(22)12-24-19/h2,5,8-10,12,14,16H,3-4,6-7,11H2,1H3,(H,23,24)(H,25,26). The second-order valence-corrected chi connectivity index (χ2v) is 7.32. The number of benzene rings is 1. The Hall–Kier alpha value is -2.14. The van der Waals surface area contributed by atoms with Crippen LogP contribution in [0.15, 0.2) is 36.5 Å². The van der Waals surface area contributed by atoms with Gasteiger partial charge in [0.15, 0.2) is 0 Å². The highest BCUT2D eigenvalue weighted by atomic mass is 35.5. The lowest BCUT2D eigenvalue weighted by Crippen LogP contribution is -2.38. The molecule has 138 valence electrons. The minimum absolute atomic E-state index is 0.101. The number of hydrogen-bond donors (Lipinski definition) is 2. The molecule has 6 heteroatoms. The third-order valence-electron chi connectivity index (χ3n) is 4.85. The number of aryl methyl sites for hydroxylation is 1. The molecule has 0 unspecified atom stereocenters. The van der Waals surface area contributed by atoms with Gasteiger partial charge >= 0.3 is 0 Å². The summed E-state index contributed by atoms with van der Waals surface area (Å²) in [4.78, 5) is 16.5. The minimum atomic E-state index is -0.333. The molecule has 0 saturated heterocycles. The van der Waals surface area contributed by atoms with Gasteiger partial charge in [0.2, 0.25) is 0 Å². The molecule has 1 aliphatic rings. The van der Waals surface area contributed by atoms with Gasteiger partial charge < -0.3 is 10.6 Å². The molecule has 3 rings (SSSR count). The van der Waals surface area contributed by atoms with E-state index in [9.17, 15) is 9.18 Å². The number of halogens is 2. The number of anilines is 1. The molecule has 2 aromatic rings. The molecule has 0 aliphatic heterocycles. The fraction of sp³-hybridized carbons (Fsp3) is 0.400. The van der Waals surface area contributed by atoms with Crippen LogP contribution >= 0.6 is 11.6 Å². The second kappa shape index (κ2) is 8.49. The molecule has 0 atom stereocenters. The summed E-state index contributed by atoms with van der Waals surface area (Å²) in [5, 5.41) is 6.84. The Morgan fingerprint density at radius 2 is 2.00 bits per heavy atom. The average Bonchev–Trinajstić information content (AvgIpc) is 2.64. The fourth-order valence-electron chi connectivity index (χ4n) is 3.32. The monoisotopic (exact) mass is 375 g/mol. The van der Waals surface area contributed by atoms with E-state index in [1.807, 2.05) is 19.1 Å². The summed E-state index contributed by atoms with van der Waals surface area (Å²) in [6.45, 7) is 2.75. The molecule has 1 amide bonds. The first-order valence-corrected chi connectivity index (χ1v) is 9.31. The summed E-state index contributed by atoms with van der Waals surface area (Å²) >= 11 is 6.14. The zero-order valence-electron chi connectivity index (χ0n) is 14.8. The molecular formula is C20H23ClFN3O. The van der Waals surface area contributed by atoms with Crippen LogP contribution in [0.2, 0.25) is 5.02 Å². The molecule has 0 radical (unpaired) electrons. The van der Waals surface area contributed by atoms with E-state index in [1.165, 1.54) is 12.3 Å². The highest BCUT2D eigenvalue weighted by Gasteiger charge is 2.23. The van der Waals surface area contributed by atoms with Gasteiger partial charge in [0.25, 0.3) is 5.91 Å². The van der Waals surface area contributed by atoms with Crippen LogP contribution in [-0.4, -0.2) is 23.5 Å². The van der Waals surface area contributed by atoms with Crippen molar-refractivity contribution in [1.29, 1.82) is 0 Å². The summed E-state index contributed by atoms with van der Waals surface area (Å²) in [7, 11) is 0. The fourth-order valence-corrected chi connectivity index (χ4v) is 3.52. The van der Waals surface area contributed by atoms with Gasteiger partial charge in [0.1, 0.15) is 11.6 Å². The second-order valence-electron chi connectivity index (χ2n) is 6.92. The molecule has 1 aromatic carbocycles. The van der Waals surface area contributed by atoms with E-state index in [-0.39, 0.29) is 17.8 Å². The zero-order chi connectivity index (χ0) is 18.5. The Bertz CT molecular complexity index is 758. The van der Waals surface area contributed by atoms with E-state index in [1.54, 1.807) is 12.1 Å². The number of carbonyl (C=O) groups excluding carboxylic acids is 1. The van der Waals surface area contributed by atoms with E-state index >= 15 is 0 Å². The number of pyridine rings is 1. The molecule has 1 fully saturated rings. The molecule has 0 bridgehead atoms. The van der Waals surface area contributed by atoms with E-state index in [4.69, 9.17) is 11.6 Å². The van der Waals surface area contributed by atoms with E-state index in [2.05, 4.69) is 15.6 Å². The maximum Gasteiger partial charge on any atom is 0.253 e. The normalized spacial score (nSPS) is 19.8. The van der Waals surface area contributed by atoms with Crippen molar-refractivity contribution in [3.8, 4) is 0 Å². The van der Waals surface area contributed by atoms with Gasteiger partial charge in [-0.1, -0.05) is 23.2 Å². The van der Waals surface area contributed by atoms with E-state index < -0.39 is 0 Å². The summed E-state index contributed by atoms with van der Waals surface area (Å²) in [5.74, 6) is 0.782. The maximum absolute atomic E-state index is 12.9. The summed E-state index contributed by atoms with van der Waals surface area (Å²) in [5.41, 5.74) is 1.56. The number of carbonyl (C=O) groups is 1. The van der Waals surface area contributed by atoms with Crippen molar-refractivity contribution in [2.75, 3.05) is 11.9 Å². The summed E-state index contributed by atoms with van der Waals surface area (Å²) in [6, 6.07) is 8.71. The van der Waals surface area contributed by atoms with Crippen molar-refractivity contribution in [3.63, 3.8) is 0 Å². The Kier molecular flexibility index (Phi) is 6.09. The lowest BCUT2D eigenvalue weighted by Gasteiger charge is -2.29. The smallest absolute Gasteiger partial charge is 0.253 e. The molecule has 1 aromatic heterocycles. The molecule has 1 saturated carbocycles. The Morgan fingerprint density at radius 3 is 2.69 bits per heavy atom. The third-order valence-corrected chi connectivity index (χ3v) is 5.18. The van der Waals surface area contributed by atoms with Crippen LogP contribution in [0.25, 0.3) is 0 Å². The van der Waals surface area contributed by atoms with Gasteiger partial charge in [-0.25, -0.2) is 9.37 Å². The number of nitrogens with zero attached hydrogens (tertiary/aromatic N) is 1. The molecule has 26 heavy (non-hydrogen) atoms. The largest absolute Gasteiger partial charge is 0.370 e. The van der Waals surface area contributed by atoms with Crippen LogP contribution in [0.1, 0.15) is 41.6 Å². The predicted octanol–water partition coefficient (Wildman–Crippen LogP) is 4.58. The first kappa shape index (κ1) is 18.6. The predicted molar refractivity (Wildman–Crippen MR) is 102 cm³/mol. The molecule has 4 nitrogen and oxygen atoms in total. The lowest BCUT2D eigenvalue weighted by molar-refractivity contribution is 0.0923. The van der Waals surface area contributed by atoms with E-state index in [0.29, 0.717) is 22.3 Å². The van der Waals surface area contributed by atoms with Gasteiger partial charge in [0.05, 0.1) is 16.8 Å². The van der Waals surface area contributed by atoms with Crippen LogP contribution in [0.5, 0.6) is 0 Å². The Labute approximate surface area is 158 Å². The third kappa shape index (κ3) is 4.94. The number of nitrogens with one attached hydrogen (secondary N) is 2. The maximum atomic E-state index is 12.9. The highest BCUT2D eigenvalue weighted by Crippen LogP contribution is 2.25. The highest BCUT2D eigenvalue weighted by molar-refractivity contribution is 6.33. The van der Waals surface area contributed by atoms with Crippen LogP contribution in [0, 0.1) is 18.7 Å². The van der Waals surface area contributed by atoms with Gasteiger partial charge in [-0.15, -0.1) is 0 Å².